The second-order valence-electron chi connectivity index (χ2n) is 20.6. The van der Waals surface area contributed by atoms with Crippen molar-refractivity contribution in [3.63, 3.8) is 0 Å². The summed E-state index contributed by atoms with van der Waals surface area (Å²) in [5.41, 5.74) is 1.13. The van der Waals surface area contributed by atoms with Crippen molar-refractivity contribution >= 4 is 35.5 Å². The van der Waals surface area contributed by atoms with E-state index in [1.54, 1.807) is 39.5 Å². The molecule has 17 nitrogen and oxygen atoms in total. The Morgan fingerprint density at radius 1 is 0.957 bits per heavy atom. The van der Waals surface area contributed by atoms with Gasteiger partial charge in [-0.3, -0.25) is 19.2 Å². The summed E-state index contributed by atoms with van der Waals surface area (Å²) in [4.78, 5) is 84.4. The molecule has 5 rings (SSSR count). The van der Waals surface area contributed by atoms with E-state index in [9.17, 15) is 44.1 Å². The minimum absolute atomic E-state index is 0.0483. The third kappa shape index (κ3) is 14.1. The van der Waals surface area contributed by atoms with Gasteiger partial charge in [-0.15, -0.1) is 5.10 Å². The maximum absolute atomic E-state index is 14.5. The molecule has 1 aliphatic carbocycles. The van der Waals surface area contributed by atoms with Crippen LogP contribution in [-0.2, 0) is 43.0 Å². The van der Waals surface area contributed by atoms with Crippen LogP contribution in [0.1, 0.15) is 132 Å². The van der Waals surface area contributed by atoms with E-state index in [-0.39, 0.29) is 67.1 Å². The Labute approximate surface area is 407 Å². The zero-order valence-electron chi connectivity index (χ0n) is 41.9. The summed E-state index contributed by atoms with van der Waals surface area (Å²) in [5, 5.41) is 45.3. The maximum Gasteiger partial charge on any atom is 0.329 e. The first kappa shape index (κ1) is 55.4. The normalized spacial score (nSPS) is 38.7. The molecule has 3 N–H and O–H groups in total. The molecule has 2 bridgehead atoms. The first-order valence-corrected chi connectivity index (χ1v) is 25.0. The quantitative estimate of drug-likeness (QED) is 0.101. The molecule has 1 aromatic rings. The van der Waals surface area contributed by atoms with E-state index in [4.69, 9.17) is 14.2 Å². The van der Waals surface area contributed by atoms with Crippen LogP contribution in [0.2, 0.25) is 0 Å². The summed E-state index contributed by atoms with van der Waals surface area (Å²) in [7, 11) is 1.56. The Kier molecular flexibility index (Phi) is 20.5. The number of aliphatic hydroxyl groups is 3. The molecule has 1 unspecified atom stereocenters. The van der Waals surface area contributed by atoms with Crippen LogP contribution in [0.15, 0.2) is 53.9 Å². The van der Waals surface area contributed by atoms with Gasteiger partial charge < -0.3 is 39.2 Å². The molecule has 0 radical (unpaired) electrons. The lowest BCUT2D eigenvalue weighted by atomic mass is 9.74. The number of aromatic nitrogens is 4. The lowest BCUT2D eigenvalue weighted by Gasteiger charge is -2.42. The average molecular weight is 964 g/mol. The first-order chi connectivity index (χ1) is 32.8. The van der Waals surface area contributed by atoms with E-state index in [1.807, 2.05) is 51.2 Å². The Morgan fingerprint density at radius 3 is 2.39 bits per heavy atom. The number of rotatable bonds is 7. The van der Waals surface area contributed by atoms with Gasteiger partial charge in [-0.1, -0.05) is 71.1 Å². The van der Waals surface area contributed by atoms with Crippen LogP contribution in [0.25, 0.3) is 0 Å². The molecule has 4 heterocycles. The fourth-order valence-electron chi connectivity index (χ4n) is 10.9. The van der Waals surface area contributed by atoms with Crippen molar-refractivity contribution < 1.29 is 58.3 Å². The molecule has 1 aromatic heterocycles. The number of aliphatic hydroxyl groups excluding tert-OH is 2. The molecular formula is C52H77N5O12. The third-order valence-electron chi connectivity index (χ3n) is 15.3. The standard InChI is InChI=1S/C52H77N5O12/c1-31-14-10-9-11-15-32(2)45(67-8)26-40-19-17-37(7)52(66,69-40)49(63)50(64)56-21-13-12-16-43(56)51(65)68-46(34(4)24-38-18-20-42(39(25-38)28-58)57-30-53-54-55-57)27-44(60)33(3)23-36(6)48(62)41(29-59)47(61)35(5)22-31/h9-11,14-15,23,29-31,33-35,37-43,45-46,48,58,62,66H,12-13,16-22,24-28H2,1-8H3/b11-9+,14-10+,32-15+,36-23+/t31-,33-,34-,35-,37-,38+,39+,40?,41+,42+,43+,45+,46+,48-,52-/m1/s1. The summed E-state index contributed by atoms with van der Waals surface area (Å²) in [6.07, 6.45) is 14.7. The minimum Gasteiger partial charge on any atom is -0.460 e. The van der Waals surface area contributed by atoms with Crippen LogP contribution >= 0.6 is 0 Å². The van der Waals surface area contributed by atoms with Crippen LogP contribution in [0.3, 0.4) is 0 Å². The molecule has 3 fully saturated rings. The fraction of sp³-hybridized carbons (Fsp3) is 0.712. The average Bonchev–Trinajstić information content (AvgIpc) is 3.88. The molecule has 382 valence electrons. The number of cyclic esters (lactones) is 1. The Balaban J connectivity index is 1.46. The predicted octanol–water partition coefficient (Wildman–Crippen LogP) is 5.44. The predicted molar refractivity (Wildman–Crippen MR) is 255 cm³/mol. The molecule has 1 amide bonds. The largest absolute Gasteiger partial charge is 0.460 e. The summed E-state index contributed by atoms with van der Waals surface area (Å²) in [6, 6.07) is -1.27. The van der Waals surface area contributed by atoms with Crippen LogP contribution in [-0.4, -0.2) is 132 Å². The molecule has 0 spiro atoms. The second kappa shape index (κ2) is 25.5. The highest BCUT2D eigenvalue weighted by molar-refractivity contribution is 6.39. The zero-order valence-corrected chi connectivity index (χ0v) is 41.9. The Bertz CT molecular complexity index is 2050. The molecule has 1 saturated carbocycles. The Morgan fingerprint density at radius 2 is 1.71 bits per heavy atom. The number of carbonyl (C=O) groups is 6. The molecule has 15 atom stereocenters. The third-order valence-corrected chi connectivity index (χ3v) is 15.3. The van der Waals surface area contributed by atoms with Gasteiger partial charge in [0.25, 0.3) is 11.7 Å². The molecule has 17 heteroatoms. The molecule has 69 heavy (non-hydrogen) atoms. The highest BCUT2D eigenvalue weighted by Crippen LogP contribution is 2.41. The van der Waals surface area contributed by atoms with Crippen molar-refractivity contribution in [3.05, 3.63) is 53.9 Å². The summed E-state index contributed by atoms with van der Waals surface area (Å²) >= 11 is 0. The number of nitrogens with zero attached hydrogens (tertiary/aromatic N) is 5. The highest BCUT2D eigenvalue weighted by Gasteiger charge is 2.53. The maximum atomic E-state index is 14.5. The van der Waals surface area contributed by atoms with Crippen molar-refractivity contribution in [1.82, 2.24) is 25.1 Å². The number of aldehydes is 1. The number of ether oxygens (including phenoxy) is 3. The monoisotopic (exact) mass is 964 g/mol. The van der Waals surface area contributed by atoms with Gasteiger partial charge in [-0.05, 0) is 117 Å². The van der Waals surface area contributed by atoms with Crippen LogP contribution < -0.4 is 0 Å². The number of esters is 1. The van der Waals surface area contributed by atoms with Gasteiger partial charge in [-0.25, -0.2) is 9.48 Å². The lowest BCUT2D eigenvalue weighted by molar-refractivity contribution is -0.265. The Hall–Kier alpha value is -4.55. The van der Waals surface area contributed by atoms with Gasteiger partial charge in [0.1, 0.15) is 42.2 Å². The van der Waals surface area contributed by atoms with Gasteiger partial charge in [0, 0.05) is 56.8 Å². The van der Waals surface area contributed by atoms with Crippen molar-refractivity contribution in [1.29, 1.82) is 0 Å². The number of methoxy groups -OCH3 is 1. The van der Waals surface area contributed by atoms with E-state index >= 15 is 0 Å². The molecular weight excluding hydrogens is 887 g/mol. The topological polar surface area (TPSA) is 238 Å². The van der Waals surface area contributed by atoms with E-state index < -0.39 is 83.4 Å². The zero-order chi connectivity index (χ0) is 50.6. The second-order valence-corrected chi connectivity index (χ2v) is 20.6. The van der Waals surface area contributed by atoms with E-state index in [0.717, 1.165) is 12.0 Å². The molecule has 2 saturated heterocycles. The number of fused-ring (bicyclic) bond motifs is 3. The molecule has 4 aliphatic rings. The highest BCUT2D eigenvalue weighted by atomic mass is 16.6. The van der Waals surface area contributed by atoms with Gasteiger partial charge in [-0.2, -0.15) is 0 Å². The number of Topliss-reactive ketones (excluding diaryl/α,β-unsaturated/α-hetero) is 3. The first-order valence-electron chi connectivity index (χ1n) is 25.0. The van der Waals surface area contributed by atoms with Crippen molar-refractivity contribution in [2.24, 2.45) is 47.3 Å². The van der Waals surface area contributed by atoms with Crippen LogP contribution in [0.4, 0.5) is 0 Å². The number of ketones is 3. The van der Waals surface area contributed by atoms with Gasteiger partial charge in [0.15, 0.2) is 0 Å². The number of hydrogen-bond acceptors (Lipinski definition) is 15. The van der Waals surface area contributed by atoms with Gasteiger partial charge in [0.2, 0.25) is 5.79 Å². The summed E-state index contributed by atoms with van der Waals surface area (Å²) in [6.45, 7) is 12.3. The van der Waals surface area contributed by atoms with Crippen LogP contribution in [0.5, 0.6) is 0 Å². The number of piperidine rings is 1. The minimum atomic E-state index is -2.45. The van der Waals surface area contributed by atoms with E-state index in [1.165, 1.54) is 17.3 Å². The van der Waals surface area contributed by atoms with Gasteiger partial charge in [0.05, 0.1) is 24.4 Å². The SMILES string of the molecule is CO[C@H]1CC2CC[C@@H](C)[C@@](O)(O2)C(=O)C(=O)N2CCCC[C@H]2C(=O)O[C@H]([C@H](C)C[C@@H]2CC[C@H](n3cnnn3)[C@H](CO)C2)CC(=O)[C@H](C)/C=C(\C)[C@@H](O)[C@@H](C=O)C(=O)[C@H](C)C[C@H](C)/C=C/C=C/C=C/1C. The summed E-state index contributed by atoms with van der Waals surface area (Å²) < 4.78 is 19.9. The number of amides is 1. The van der Waals surface area contributed by atoms with E-state index in [0.29, 0.717) is 64.1 Å². The number of allylic oxidation sites excluding steroid dienone is 6. The molecule has 0 aromatic carbocycles. The van der Waals surface area contributed by atoms with Crippen molar-refractivity contribution in [2.45, 2.75) is 168 Å². The van der Waals surface area contributed by atoms with Gasteiger partial charge >= 0.3 is 5.97 Å². The number of tetrazole rings is 1. The fourth-order valence-corrected chi connectivity index (χ4v) is 10.9. The lowest BCUT2D eigenvalue weighted by Crippen LogP contribution is -2.61. The summed E-state index contributed by atoms with van der Waals surface area (Å²) in [5.74, 6) is -10.1. The van der Waals surface area contributed by atoms with Crippen LogP contribution in [0, 0.1) is 47.3 Å². The smallest absolute Gasteiger partial charge is 0.329 e. The van der Waals surface area contributed by atoms with E-state index in [2.05, 4.69) is 15.5 Å². The number of hydrogen-bond donors (Lipinski definition) is 3. The van der Waals surface area contributed by atoms with Crippen molar-refractivity contribution in [2.75, 3.05) is 20.3 Å². The molecule has 3 aliphatic heterocycles. The van der Waals surface area contributed by atoms with Crippen molar-refractivity contribution in [3.8, 4) is 0 Å². The number of carbonyl (C=O) groups excluding carboxylic acids is 6.